The summed E-state index contributed by atoms with van der Waals surface area (Å²) in [7, 11) is 0. The third kappa shape index (κ3) is 6.69. The molecule has 1 atom stereocenters. The maximum atomic E-state index is 13.1. The number of anilines is 2. The summed E-state index contributed by atoms with van der Waals surface area (Å²) in [4.78, 5) is 34.1. The number of urea groups is 1. The lowest BCUT2D eigenvalue weighted by Crippen LogP contribution is -2.33. The number of hydrogen-bond acceptors (Lipinski definition) is 4. The van der Waals surface area contributed by atoms with Crippen molar-refractivity contribution in [3.05, 3.63) is 58.1 Å². The van der Waals surface area contributed by atoms with Crippen molar-refractivity contribution in [3.63, 3.8) is 0 Å². The Morgan fingerprint density at radius 2 is 1.61 bits per heavy atom. The number of alkyl halides is 6. The van der Waals surface area contributed by atoms with Crippen molar-refractivity contribution < 1.29 is 40.7 Å². The number of benzene rings is 2. The molecule has 2 N–H and O–H groups in total. The van der Waals surface area contributed by atoms with E-state index >= 15 is 0 Å². The van der Waals surface area contributed by atoms with Crippen LogP contribution in [0.5, 0.6) is 0 Å². The summed E-state index contributed by atoms with van der Waals surface area (Å²) in [5.74, 6) is -4.34. The Kier molecular flexibility index (Phi) is 7.71. The Labute approximate surface area is 187 Å². The highest BCUT2D eigenvalue weighted by molar-refractivity contribution is 6.31. The van der Waals surface area contributed by atoms with Gasteiger partial charge in [-0.2, -0.15) is 31.6 Å². The maximum absolute atomic E-state index is 13.1. The minimum atomic E-state index is -5.02. The van der Waals surface area contributed by atoms with E-state index in [1.165, 1.54) is 12.1 Å². The average molecular weight is 492 g/mol. The lowest BCUT2D eigenvalue weighted by atomic mass is 9.95. The summed E-state index contributed by atoms with van der Waals surface area (Å²) in [6.45, 7) is 0. The number of Topliss-reactive ketones (excluding diaryl/α,β-unsaturated/α-hetero) is 1. The van der Waals surface area contributed by atoms with Crippen LogP contribution in [0, 0.1) is 17.2 Å². The minimum absolute atomic E-state index is 0.0870. The van der Waals surface area contributed by atoms with E-state index in [1.807, 2.05) is 0 Å². The fraction of sp³-hybridized carbons (Fsp3) is 0.200. The zero-order chi connectivity index (χ0) is 25.0. The molecule has 2 aromatic carbocycles. The number of nitrogens with one attached hydrogen (secondary N) is 2. The standard InChI is InChI=1S/C20H12ClF6N3O3/c21-16-4-3-12(5-11(16)6-15(17(32)9-31)20(25,26)27)29-18(33)30-13-2-1-10(8-28)14(7-13)19(22,23)24/h1-5,7,9,15H,6H2,(H2,29,30,33). The van der Waals surface area contributed by atoms with Gasteiger partial charge in [-0.1, -0.05) is 11.6 Å². The van der Waals surface area contributed by atoms with Crippen molar-refractivity contribution in [2.24, 2.45) is 5.92 Å². The fourth-order valence-electron chi connectivity index (χ4n) is 2.74. The quantitative estimate of drug-likeness (QED) is 0.323. The first-order valence-electron chi connectivity index (χ1n) is 8.79. The second kappa shape index (κ2) is 9.91. The van der Waals surface area contributed by atoms with Crippen LogP contribution in [0.1, 0.15) is 16.7 Å². The zero-order valence-corrected chi connectivity index (χ0v) is 16.9. The van der Waals surface area contributed by atoms with Gasteiger partial charge in [0.1, 0.15) is 5.92 Å². The van der Waals surface area contributed by atoms with E-state index in [9.17, 15) is 40.7 Å². The molecular formula is C20H12ClF6N3O3. The van der Waals surface area contributed by atoms with E-state index in [0.29, 0.717) is 6.07 Å². The molecule has 2 aromatic rings. The molecule has 2 amide bonds. The first-order valence-corrected chi connectivity index (χ1v) is 9.17. The van der Waals surface area contributed by atoms with Crippen molar-refractivity contribution in [1.82, 2.24) is 0 Å². The second-order valence-electron chi connectivity index (χ2n) is 6.57. The van der Waals surface area contributed by atoms with E-state index in [0.717, 1.165) is 24.3 Å². The molecule has 0 saturated carbocycles. The number of amides is 2. The number of carbonyl (C=O) groups is 3. The topological polar surface area (TPSA) is 99.1 Å². The third-order valence-corrected chi connectivity index (χ3v) is 4.65. The van der Waals surface area contributed by atoms with Crippen LogP contribution in [0.15, 0.2) is 36.4 Å². The Balaban J connectivity index is 2.22. The highest BCUT2D eigenvalue weighted by Gasteiger charge is 2.44. The van der Waals surface area contributed by atoms with Gasteiger partial charge in [-0.15, -0.1) is 0 Å². The highest BCUT2D eigenvalue weighted by atomic mass is 35.5. The van der Waals surface area contributed by atoms with Crippen LogP contribution < -0.4 is 10.6 Å². The number of nitrogens with zero attached hydrogens (tertiary/aromatic N) is 1. The molecule has 0 radical (unpaired) electrons. The summed E-state index contributed by atoms with van der Waals surface area (Å²) in [5, 5.41) is 12.9. The van der Waals surface area contributed by atoms with Crippen molar-refractivity contribution in [2.75, 3.05) is 10.6 Å². The van der Waals surface area contributed by atoms with Crippen LogP contribution in [0.3, 0.4) is 0 Å². The van der Waals surface area contributed by atoms with Crippen molar-refractivity contribution in [1.29, 1.82) is 5.26 Å². The molecule has 2 rings (SSSR count). The first-order chi connectivity index (χ1) is 15.3. The summed E-state index contributed by atoms with van der Waals surface area (Å²) in [5.41, 5.74) is -2.52. The van der Waals surface area contributed by atoms with Gasteiger partial charge < -0.3 is 10.6 Å². The van der Waals surface area contributed by atoms with Gasteiger partial charge in [-0.3, -0.25) is 9.59 Å². The molecule has 0 saturated heterocycles. The van der Waals surface area contributed by atoms with Gasteiger partial charge in [0.2, 0.25) is 5.78 Å². The molecule has 0 heterocycles. The molecule has 33 heavy (non-hydrogen) atoms. The van der Waals surface area contributed by atoms with Crippen LogP contribution in [0.4, 0.5) is 42.5 Å². The Hall–Kier alpha value is -3.59. The summed E-state index contributed by atoms with van der Waals surface area (Å²) in [6, 6.07) is 6.17. The summed E-state index contributed by atoms with van der Waals surface area (Å²) < 4.78 is 78.4. The Morgan fingerprint density at radius 3 is 2.12 bits per heavy atom. The van der Waals surface area contributed by atoms with Crippen molar-refractivity contribution in [3.8, 4) is 6.07 Å². The van der Waals surface area contributed by atoms with Crippen LogP contribution in [0.2, 0.25) is 5.02 Å². The van der Waals surface area contributed by atoms with Gasteiger partial charge in [0.05, 0.1) is 17.2 Å². The van der Waals surface area contributed by atoms with Gasteiger partial charge in [0.15, 0.2) is 6.29 Å². The number of ketones is 1. The predicted molar refractivity (Wildman–Crippen MR) is 105 cm³/mol. The molecule has 174 valence electrons. The first kappa shape index (κ1) is 25.7. The summed E-state index contributed by atoms with van der Waals surface area (Å²) >= 11 is 5.87. The van der Waals surface area contributed by atoms with Gasteiger partial charge in [0, 0.05) is 16.4 Å². The van der Waals surface area contributed by atoms with Gasteiger partial charge in [-0.05, 0) is 48.4 Å². The number of hydrogen-bond donors (Lipinski definition) is 2. The van der Waals surface area contributed by atoms with Gasteiger partial charge in [0.25, 0.3) is 0 Å². The zero-order valence-electron chi connectivity index (χ0n) is 16.1. The lowest BCUT2D eigenvalue weighted by Gasteiger charge is -2.18. The van der Waals surface area contributed by atoms with Gasteiger partial charge in [-0.25, -0.2) is 4.79 Å². The molecule has 0 aliphatic carbocycles. The Bertz CT molecular complexity index is 1130. The lowest BCUT2D eigenvalue weighted by molar-refractivity contribution is -0.181. The van der Waals surface area contributed by atoms with Crippen molar-refractivity contribution >= 4 is 41.1 Å². The maximum Gasteiger partial charge on any atom is 0.417 e. The molecule has 6 nitrogen and oxygen atoms in total. The van der Waals surface area contributed by atoms with E-state index in [-0.39, 0.29) is 22.0 Å². The third-order valence-electron chi connectivity index (χ3n) is 4.29. The van der Waals surface area contributed by atoms with Gasteiger partial charge >= 0.3 is 18.4 Å². The molecule has 0 aliphatic rings. The number of aldehydes is 1. The molecule has 1 unspecified atom stereocenters. The number of nitriles is 1. The Morgan fingerprint density at radius 1 is 1.03 bits per heavy atom. The largest absolute Gasteiger partial charge is 0.417 e. The SMILES string of the molecule is N#Cc1ccc(NC(=O)Nc2ccc(Cl)c(CC(C(=O)C=O)C(F)(F)F)c2)cc1C(F)(F)F. The van der Waals surface area contributed by atoms with Crippen molar-refractivity contribution in [2.45, 2.75) is 18.8 Å². The molecule has 0 spiro atoms. The molecule has 0 bridgehead atoms. The average Bonchev–Trinajstić information content (AvgIpc) is 2.71. The van der Waals surface area contributed by atoms with Crippen LogP contribution >= 0.6 is 11.6 Å². The molecular weight excluding hydrogens is 480 g/mol. The van der Waals surface area contributed by atoms with Crippen LogP contribution in [-0.4, -0.2) is 24.3 Å². The number of rotatable bonds is 6. The van der Waals surface area contributed by atoms with E-state index < -0.39 is 53.9 Å². The van der Waals surface area contributed by atoms with E-state index in [2.05, 4.69) is 10.6 Å². The normalized spacial score (nSPS) is 12.4. The van der Waals surface area contributed by atoms with Crippen LogP contribution in [-0.2, 0) is 22.2 Å². The predicted octanol–water partition coefficient (Wildman–Crippen LogP) is 5.36. The number of carbonyl (C=O) groups excluding carboxylic acids is 3. The fourth-order valence-corrected chi connectivity index (χ4v) is 2.93. The molecule has 0 aromatic heterocycles. The van der Waals surface area contributed by atoms with E-state index in [4.69, 9.17) is 16.9 Å². The van der Waals surface area contributed by atoms with E-state index in [1.54, 1.807) is 0 Å². The summed E-state index contributed by atoms with van der Waals surface area (Å²) in [6.07, 6.45) is -11.3. The highest BCUT2D eigenvalue weighted by Crippen LogP contribution is 2.34. The minimum Gasteiger partial charge on any atom is -0.308 e. The molecule has 13 heteroatoms. The monoisotopic (exact) mass is 491 g/mol. The van der Waals surface area contributed by atoms with Crippen LogP contribution in [0.25, 0.3) is 0 Å². The number of halogens is 7. The smallest absolute Gasteiger partial charge is 0.308 e. The second-order valence-corrected chi connectivity index (χ2v) is 6.98. The molecule has 0 aliphatic heterocycles. The molecule has 0 fully saturated rings.